The molecule has 6 nitrogen and oxygen atoms in total. The highest BCUT2D eigenvalue weighted by Gasteiger charge is 2.31. The van der Waals surface area contributed by atoms with Crippen molar-refractivity contribution in [3.63, 3.8) is 0 Å². The number of hydrogen-bond acceptors (Lipinski definition) is 4. The van der Waals surface area contributed by atoms with Gasteiger partial charge in [0, 0.05) is 26.1 Å². The minimum absolute atomic E-state index is 0. The summed E-state index contributed by atoms with van der Waals surface area (Å²) < 4.78 is 4.89. The summed E-state index contributed by atoms with van der Waals surface area (Å²) in [6.45, 7) is 4.47. The van der Waals surface area contributed by atoms with Gasteiger partial charge in [0.2, 0.25) is 0 Å². The average Bonchev–Trinajstić information content (AvgIpc) is 2.82. The van der Waals surface area contributed by atoms with Crippen LogP contribution in [0.3, 0.4) is 0 Å². The molecule has 2 aromatic rings. The van der Waals surface area contributed by atoms with E-state index in [-0.39, 0.29) is 42.4 Å². The Morgan fingerprint density at radius 1 is 1.12 bits per heavy atom. The molecule has 3 rings (SSSR count). The number of aliphatic imine (C=N–C) groups is 1. The van der Waals surface area contributed by atoms with E-state index in [0.29, 0.717) is 6.42 Å². The maximum Gasteiger partial charge on any atom is 0.308 e. The molecule has 1 aliphatic rings. The molecule has 0 amide bonds. The third-order valence-electron chi connectivity index (χ3n) is 5.80. The van der Waals surface area contributed by atoms with E-state index in [2.05, 4.69) is 10.2 Å². The highest BCUT2D eigenvalue weighted by atomic mass is 127. The van der Waals surface area contributed by atoms with Crippen LogP contribution in [0.5, 0.6) is 0 Å². The van der Waals surface area contributed by atoms with Gasteiger partial charge in [-0.2, -0.15) is 0 Å². The highest BCUT2D eigenvalue weighted by Crippen LogP contribution is 2.27. The Bertz CT molecular complexity index is 855. The molecule has 32 heavy (non-hydrogen) atoms. The molecule has 0 spiro atoms. The van der Waals surface area contributed by atoms with Crippen LogP contribution in [-0.2, 0) is 21.6 Å². The molecule has 2 N–H and O–H groups in total. The van der Waals surface area contributed by atoms with Crippen LogP contribution in [0.2, 0.25) is 0 Å². The van der Waals surface area contributed by atoms with E-state index in [1.165, 1.54) is 7.11 Å². The number of methoxy groups -OCH3 is 1. The highest BCUT2D eigenvalue weighted by molar-refractivity contribution is 14.0. The molecular weight excluding hydrogens is 517 g/mol. The summed E-state index contributed by atoms with van der Waals surface area (Å²) in [5.74, 6) is 0.583. The lowest BCUT2D eigenvalue weighted by molar-refractivity contribution is -0.146. The summed E-state index contributed by atoms with van der Waals surface area (Å²) in [6.07, 6.45) is 1.96. The number of esters is 1. The topological polar surface area (TPSA) is 74.2 Å². The van der Waals surface area contributed by atoms with Gasteiger partial charge in [-0.05, 0) is 30.9 Å². The number of ether oxygens (including phenoxy) is 1. The molecule has 0 radical (unpaired) electrons. The molecule has 1 fully saturated rings. The molecule has 1 aliphatic heterocycles. The lowest BCUT2D eigenvalue weighted by Crippen LogP contribution is -2.47. The van der Waals surface area contributed by atoms with E-state index in [4.69, 9.17) is 9.73 Å². The second-order valence-electron chi connectivity index (χ2n) is 8.01. The zero-order chi connectivity index (χ0) is 22.1. The maximum atomic E-state index is 11.8. The van der Waals surface area contributed by atoms with E-state index < -0.39 is 5.60 Å². The van der Waals surface area contributed by atoms with Gasteiger partial charge in [-0.25, -0.2) is 4.99 Å². The number of halogens is 1. The predicted molar refractivity (Wildman–Crippen MR) is 138 cm³/mol. The van der Waals surface area contributed by atoms with E-state index >= 15 is 0 Å². The molecule has 174 valence electrons. The smallest absolute Gasteiger partial charge is 0.308 e. The fourth-order valence-electron chi connectivity index (χ4n) is 4.06. The van der Waals surface area contributed by atoms with Crippen molar-refractivity contribution in [1.82, 2.24) is 10.2 Å². The Hall–Kier alpha value is -2.13. The fraction of sp³-hybridized carbons (Fsp3) is 0.440. The Balaban J connectivity index is 0.00000363. The summed E-state index contributed by atoms with van der Waals surface area (Å²) in [4.78, 5) is 18.8. The largest absolute Gasteiger partial charge is 0.469 e. The molecular formula is C25H34IN3O3. The zero-order valence-electron chi connectivity index (χ0n) is 18.9. The Labute approximate surface area is 208 Å². The van der Waals surface area contributed by atoms with Crippen LogP contribution < -0.4 is 5.32 Å². The van der Waals surface area contributed by atoms with Gasteiger partial charge < -0.3 is 20.1 Å². The molecule has 0 aliphatic carbocycles. The van der Waals surface area contributed by atoms with Crippen molar-refractivity contribution >= 4 is 35.9 Å². The number of carbonyl (C=O) groups excluding carboxylic acids is 1. The first-order chi connectivity index (χ1) is 15.1. The molecule has 2 aromatic carbocycles. The van der Waals surface area contributed by atoms with Crippen LogP contribution in [0.4, 0.5) is 0 Å². The SMILES string of the molecule is CCNC(=NCC(O)(Cc1ccccc1)c1ccccc1)N1CCC(C(=O)OC)CC1.I. The summed E-state index contributed by atoms with van der Waals surface area (Å²) in [5, 5.41) is 15.0. The van der Waals surface area contributed by atoms with Gasteiger partial charge in [0.1, 0.15) is 5.60 Å². The molecule has 7 heteroatoms. The maximum absolute atomic E-state index is 11.8. The minimum atomic E-state index is -1.12. The van der Waals surface area contributed by atoms with Gasteiger partial charge in [-0.15, -0.1) is 24.0 Å². The van der Waals surface area contributed by atoms with E-state index in [1.807, 2.05) is 67.6 Å². The number of benzene rings is 2. The number of hydrogen-bond donors (Lipinski definition) is 2. The van der Waals surface area contributed by atoms with Gasteiger partial charge in [-0.3, -0.25) is 4.79 Å². The lowest BCUT2D eigenvalue weighted by atomic mass is 9.87. The molecule has 1 heterocycles. The second-order valence-corrected chi connectivity index (χ2v) is 8.01. The van der Waals surface area contributed by atoms with Crippen LogP contribution >= 0.6 is 24.0 Å². The van der Waals surface area contributed by atoms with E-state index in [1.54, 1.807) is 0 Å². The first-order valence-corrected chi connectivity index (χ1v) is 11.0. The van der Waals surface area contributed by atoms with Crippen LogP contribution in [0.1, 0.15) is 30.9 Å². The number of nitrogens with one attached hydrogen (secondary N) is 1. The van der Waals surface area contributed by atoms with Gasteiger partial charge in [0.05, 0.1) is 19.6 Å². The molecule has 1 saturated heterocycles. The van der Waals surface area contributed by atoms with Crippen molar-refractivity contribution < 1.29 is 14.6 Å². The second kappa shape index (κ2) is 12.8. The number of rotatable bonds is 7. The van der Waals surface area contributed by atoms with Crippen molar-refractivity contribution in [2.75, 3.05) is 33.3 Å². The van der Waals surface area contributed by atoms with Crippen LogP contribution in [-0.4, -0.2) is 55.2 Å². The predicted octanol–water partition coefficient (Wildman–Crippen LogP) is 3.59. The standard InChI is InChI=1S/C25H33N3O3.HI/c1-3-26-24(28-16-14-21(15-17-28)23(29)31-2)27-19-25(30,22-12-8-5-9-13-22)18-20-10-6-4-7-11-20;/h4-13,21,30H,3,14-19H2,1-2H3,(H,26,27);1H. The first-order valence-electron chi connectivity index (χ1n) is 11.0. The minimum Gasteiger partial charge on any atom is -0.469 e. The Morgan fingerprint density at radius 3 is 2.28 bits per heavy atom. The monoisotopic (exact) mass is 551 g/mol. The number of guanidine groups is 1. The molecule has 0 saturated carbocycles. The summed E-state index contributed by atoms with van der Waals surface area (Å²) >= 11 is 0. The summed E-state index contributed by atoms with van der Waals surface area (Å²) in [6, 6.07) is 19.7. The number of likely N-dealkylation sites (tertiary alicyclic amines) is 1. The average molecular weight is 551 g/mol. The van der Waals surface area contributed by atoms with Gasteiger partial charge in [-0.1, -0.05) is 60.7 Å². The summed E-state index contributed by atoms with van der Waals surface area (Å²) in [5.41, 5.74) is 0.795. The van der Waals surface area contributed by atoms with Crippen LogP contribution in [0.15, 0.2) is 65.7 Å². The number of nitrogens with zero attached hydrogens (tertiary/aromatic N) is 2. The normalized spacial score (nSPS) is 16.6. The van der Waals surface area contributed by atoms with Gasteiger partial charge in [0.15, 0.2) is 5.96 Å². The third-order valence-corrected chi connectivity index (χ3v) is 5.80. The quantitative estimate of drug-likeness (QED) is 0.238. The van der Waals surface area contributed by atoms with E-state index in [9.17, 15) is 9.90 Å². The van der Waals surface area contributed by atoms with Crippen molar-refractivity contribution in [3.8, 4) is 0 Å². The van der Waals surface area contributed by atoms with Gasteiger partial charge in [0.25, 0.3) is 0 Å². The molecule has 0 bridgehead atoms. The van der Waals surface area contributed by atoms with Crippen molar-refractivity contribution in [3.05, 3.63) is 71.8 Å². The molecule has 1 atom stereocenters. The first kappa shape index (κ1) is 26.1. The van der Waals surface area contributed by atoms with Crippen LogP contribution in [0.25, 0.3) is 0 Å². The number of piperidine rings is 1. The Morgan fingerprint density at radius 2 is 1.72 bits per heavy atom. The lowest BCUT2D eigenvalue weighted by Gasteiger charge is -2.34. The van der Waals surface area contributed by atoms with E-state index in [0.717, 1.165) is 49.6 Å². The molecule has 1 unspecified atom stereocenters. The third kappa shape index (κ3) is 6.93. The Kier molecular flexibility index (Phi) is 10.4. The van der Waals surface area contributed by atoms with Crippen LogP contribution in [0, 0.1) is 5.92 Å². The fourth-order valence-corrected chi connectivity index (χ4v) is 4.06. The molecule has 0 aromatic heterocycles. The summed E-state index contributed by atoms with van der Waals surface area (Å²) in [7, 11) is 1.44. The van der Waals surface area contributed by atoms with Gasteiger partial charge >= 0.3 is 5.97 Å². The number of carbonyl (C=O) groups is 1. The van der Waals surface area contributed by atoms with Crippen molar-refractivity contribution in [1.29, 1.82) is 0 Å². The van der Waals surface area contributed by atoms with Crippen molar-refractivity contribution in [2.45, 2.75) is 31.8 Å². The zero-order valence-corrected chi connectivity index (χ0v) is 21.2. The number of aliphatic hydroxyl groups is 1. The van der Waals surface area contributed by atoms with Crippen molar-refractivity contribution in [2.24, 2.45) is 10.9 Å².